The molecule has 0 heterocycles. The van der Waals surface area contributed by atoms with Crippen molar-refractivity contribution in [2.24, 2.45) is 53.3 Å². The molecule has 0 aromatic carbocycles. The topological polar surface area (TPSA) is 0 Å². The Bertz CT molecular complexity index is 396. The molecule has 2 heteroatoms. The zero-order valence-corrected chi connectivity index (χ0v) is 20.9. The molecule has 0 radical (unpaired) electrons. The van der Waals surface area contributed by atoms with Crippen LogP contribution >= 0.6 is 25.3 Å². The lowest BCUT2D eigenvalue weighted by molar-refractivity contribution is 0.181. The van der Waals surface area contributed by atoms with Crippen molar-refractivity contribution in [1.82, 2.24) is 0 Å². The molecule has 11 atom stereocenters. The van der Waals surface area contributed by atoms with Gasteiger partial charge in [-0.15, -0.1) is 0 Å². The van der Waals surface area contributed by atoms with Crippen molar-refractivity contribution >= 4 is 25.3 Å². The SMILES string of the molecule is CCCC(S)C1C(CC)C1C(C)C(C)C(C)C(S)C(C)C(C)C(C)CC. The third kappa shape index (κ3) is 5.62. The summed E-state index contributed by atoms with van der Waals surface area (Å²) in [6.07, 6.45) is 5.14. The van der Waals surface area contributed by atoms with E-state index in [4.69, 9.17) is 25.3 Å². The fourth-order valence-corrected chi connectivity index (χ4v) is 6.78. The van der Waals surface area contributed by atoms with E-state index in [1.807, 2.05) is 0 Å². The van der Waals surface area contributed by atoms with Gasteiger partial charge >= 0.3 is 0 Å². The number of hydrogen-bond donors (Lipinski definition) is 2. The molecule has 0 saturated heterocycles. The maximum absolute atomic E-state index is 5.14. The number of rotatable bonds is 12. The van der Waals surface area contributed by atoms with Crippen LogP contribution in [0, 0.1) is 53.3 Å². The van der Waals surface area contributed by atoms with Crippen molar-refractivity contribution in [3.8, 4) is 0 Å². The van der Waals surface area contributed by atoms with E-state index in [-0.39, 0.29) is 0 Å². The zero-order chi connectivity index (χ0) is 20.2. The van der Waals surface area contributed by atoms with Crippen molar-refractivity contribution in [2.75, 3.05) is 0 Å². The van der Waals surface area contributed by atoms with Crippen LogP contribution in [0.4, 0.5) is 0 Å². The predicted molar refractivity (Wildman–Crippen MR) is 126 cm³/mol. The summed E-state index contributed by atoms with van der Waals surface area (Å²) < 4.78 is 0. The molecule has 0 aromatic heterocycles. The monoisotopic (exact) mass is 400 g/mol. The third-order valence-corrected chi connectivity index (χ3v) is 10.0. The second-order valence-corrected chi connectivity index (χ2v) is 11.0. The van der Waals surface area contributed by atoms with Crippen LogP contribution in [0.15, 0.2) is 0 Å². The molecule has 0 nitrogen and oxygen atoms in total. The van der Waals surface area contributed by atoms with Gasteiger partial charge in [0.15, 0.2) is 0 Å². The Hall–Kier alpha value is 0.700. The minimum Gasteiger partial charge on any atom is -0.176 e. The highest BCUT2D eigenvalue weighted by Crippen LogP contribution is 2.59. The maximum Gasteiger partial charge on any atom is 0.00733 e. The van der Waals surface area contributed by atoms with Crippen LogP contribution in [0.25, 0.3) is 0 Å². The van der Waals surface area contributed by atoms with Gasteiger partial charge in [0.1, 0.15) is 0 Å². The summed E-state index contributed by atoms with van der Waals surface area (Å²) in [5, 5.41) is 1.10. The first-order chi connectivity index (χ1) is 12.1. The normalized spacial score (nSPS) is 32.2. The van der Waals surface area contributed by atoms with E-state index in [9.17, 15) is 0 Å². The molecule has 1 fully saturated rings. The average molecular weight is 401 g/mol. The van der Waals surface area contributed by atoms with Gasteiger partial charge in [-0.25, -0.2) is 0 Å². The molecule has 0 bridgehead atoms. The quantitative estimate of drug-likeness (QED) is 0.306. The molecule has 26 heavy (non-hydrogen) atoms. The van der Waals surface area contributed by atoms with Gasteiger partial charge in [-0.05, 0) is 59.7 Å². The smallest absolute Gasteiger partial charge is 0.00733 e. The summed E-state index contributed by atoms with van der Waals surface area (Å²) in [6.45, 7) is 21.7. The van der Waals surface area contributed by atoms with Gasteiger partial charge in [0.05, 0.1) is 0 Å². The summed E-state index contributed by atoms with van der Waals surface area (Å²) in [6, 6.07) is 0. The first kappa shape index (κ1) is 24.7. The van der Waals surface area contributed by atoms with E-state index >= 15 is 0 Å². The molecule has 1 rings (SSSR count). The van der Waals surface area contributed by atoms with Crippen molar-refractivity contribution in [3.05, 3.63) is 0 Å². The van der Waals surface area contributed by atoms with Gasteiger partial charge in [-0.2, -0.15) is 25.3 Å². The third-order valence-electron chi connectivity index (χ3n) is 8.51. The van der Waals surface area contributed by atoms with E-state index in [0.29, 0.717) is 22.3 Å². The van der Waals surface area contributed by atoms with E-state index < -0.39 is 0 Å². The Balaban J connectivity index is 2.73. The summed E-state index contributed by atoms with van der Waals surface area (Å²) >= 11 is 10.1. The first-order valence-corrected chi connectivity index (χ1v) is 12.5. The molecule has 0 N–H and O–H groups in total. The molecule has 0 spiro atoms. The highest BCUT2D eigenvalue weighted by molar-refractivity contribution is 7.81. The van der Waals surface area contributed by atoms with Crippen LogP contribution in [0.2, 0.25) is 0 Å². The molecule has 156 valence electrons. The van der Waals surface area contributed by atoms with Crippen molar-refractivity contribution in [2.45, 2.75) is 98.5 Å². The van der Waals surface area contributed by atoms with Gasteiger partial charge in [-0.3, -0.25) is 0 Å². The van der Waals surface area contributed by atoms with Crippen LogP contribution < -0.4 is 0 Å². The molecule has 11 unspecified atom stereocenters. The Morgan fingerprint density at radius 1 is 0.731 bits per heavy atom. The lowest BCUT2D eigenvalue weighted by Crippen LogP contribution is -2.34. The molecule has 1 saturated carbocycles. The zero-order valence-electron chi connectivity index (χ0n) is 19.1. The summed E-state index contributed by atoms with van der Waals surface area (Å²) in [7, 11) is 0. The molecule has 1 aliphatic rings. The fourth-order valence-electron chi connectivity index (χ4n) is 5.56. The predicted octanol–water partition coefficient (Wildman–Crippen LogP) is 7.88. The Morgan fingerprint density at radius 3 is 1.73 bits per heavy atom. The van der Waals surface area contributed by atoms with E-state index in [2.05, 4.69) is 62.3 Å². The average Bonchev–Trinajstić information content (AvgIpc) is 3.38. The minimum absolute atomic E-state index is 0.496. The Labute approximate surface area is 176 Å². The van der Waals surface area contributed by atoms with Crippen LogP contribution in [-0.2, 0) is 0 Å². The fraction of sp³-hybridized carbons (Fsp3) is 1.00. The van der Waals surface area contributed by atoms with Crippen LogP contribution in [0.1, 0.15) is 88.0 Å². The Kier molecular flexibility index (Phi) is 10.5. The van der Waals surface area contributed by atoms with Crippen LogP contribution in [-0.4, -0.2) is 10.5 Å². The highest BCUT2D eigenvalue weighted by Gasteiger charge is 2.55. The van der Waals surface area contributed by atoms with E-state index in [1.54, 1.807) is 0 Å². The largest absolute Gasteiger partial charge is 0.176 e. The lowest BCUT2D eigenvalue weighted by atomic mass is 9.73. The van der Waals surface area contributed by atoms with Gasteiger partial charge in [0.25, 0.3) is 0 Å². The van der Waals surface area contributed by atoms with E-state index in [0.717, 1.165) is 41.4 Å². The number of thiol groups is 2. The van der Waals surface area contributed by atoms with Crippen molar-refractivity contribution in [1.29, 1.82) is 0 Å². The Morgan fingerprint density at radius 2 is 1.27 bits per heavy atom. The number of hydrogen-bond acceptors (Lipinski definition) is 2. The summed E-state index contributed by atoms with van der Waals surface area (Å²) in [4.78, 5) is 0. The van der Waals surface area contributed by atoms with Crippen LogP contribution in [0.5, 0.6) is 0 Å². The van der Waals surface area contributed by atoms with Crippen molar-refractivity contribution in [3.63, 3.8) is 0 Å². The minimum atomic E-state index is 0.496. The summed E-state index contributed by atoms with van der Waals surface area (Å²) in [5.74, 6) is 7.03. The van der Waals surface area contributed by atoms with Gasteiger partial charge in [0.2, 0.25) is 0 Å². The maximum atomic E-state index is 5.14. The summed E-state index contributed by atoms with van der Waals surface area (Å²) in [5.41, 5.74) is 0. The second kappa shape index (κ2) is 11.0. The van der Waals surface area contributed by atoms with Crippen LogP contribution in [0.3, 0.4) is 0 Å². The standard InChI is InChI=1S/C24H48S2/c1-10-13-21(25)23-20(12-3)22(23)17(7)16(6)19(9)24(26)18(8)15(5)14(4)11-2/h14-26H,10-13H2,1-9H3. The lowest BCUT2D eigenvalue weighted by Gasteiger charge is -2.37. The van der Waals surface area contributed by atoms with Gasteiger partial charge in [-0.1, -0.05) is 81.6 Å². The second-order valence-electron chi connectivity index (χ2n) is 9.75. The molecule has 0 amide bonds. The first-order valence-electron chi connectivity index (χ1n) is 11.5. The highest BCUT2D eigenvalue weighted by atomic mass is 32.1. The van der Waals surface area contributed by atoms with Crippen molar-refractivity contribution < 1.29 is 0 Å². The van der Waals surface area contributed by atoms with Gasteiger partial charge in [0, 0.05) is 10.5 Å². The molecular weight excluding hydrogens is 352 g/mol. The van der Waals surface area contributed by atoms with E-state index in [1.165, 1.54) is 25.7 Å². The van der Waals surface area contributed by atoms with Gasteiger partial charge < -0.3 is 0 Å². The molecule has 1 aliphatic carbocycles. The molecule has 0 aliphatic heterocycles. The molecular formula is C24H48S2. The molecule has 0 aromatic rings.